The lowest BCUT2D eigenvalue weighted by atomic mass is 10.0. The van der Waals surface area contributed by atoms with Crippen LogP contribution >= 0.6 is 0 Å². The van der Waals surface area contributed by atoms with E-state index in [4.69, 9.17) is 9.47 Å². The van der Waals surface area contributed by atoms with E-state index in [1.807, 2.05) is 42.5 Å². The van der Waals surface area contributed by atoms with E-state index in [0.29, 0.717) is 43.0 Å². The zero-order valence-electron chi connectivity index (χ0n) is 16.0. The van der Waals surface area contributed by atoms with Gasteiger partial charge in [-0.3, -0.25) is 14.6 Å². The Labute approximate surface area is 168 Å². The molecule has 6 heteroatoms. The number of benzene rings is 2. The first-order valence-electron chi connectivity index (χ1n) is 9.28. The number of carbonyl (C=O) groups is 2. The molecule has 3 aromatic rings. The maximum absolute atomic E-state index is 13.1. The number of aldehydes is 1. The molecule has 1 amide bonds. The van der Waals surface area contributed by atoms with Crippen LogP contribution in [0.2, 0.25) is 0 Å². The van der Waals surface area contributed by atoms with Gasteiger partial charge in [0.2, 0.25) is 0 Å². The minimum Gasteiger partial charge on any atom is -0.497 e. The monoisotopic (exact) mass is 388 g/mol. The fourth-order valence-electron chi connectivity index (χ4n) is 3.32. The normalized spacial score (nSPS) is 13.3. The van der Waals surface area contributed by atoms with Crippen LogP contribution in [0.1, 0.15) is 26.4 Å². The molecule has 0 bridgehead atoms. The molecule has 2 aromatic carbocycles. The fraction of sp³-hybridized carbons (Fsp3) is 0.174. The zero-order valence-corrected chi connectivity index (χ0v) is 16.0. The first kappa shape index (κ1) is 18.7. The van der Waals surface area contributed by atoms with Crippen molar-refractivity contribution >= 4 is 12.2 Å². The summed E-state index contributed by atoms with van der Waals surface area (Å²) >= 11 is 0. The predicted octanol–water partition coefficient (Wildman–Crippen LogP) is 3.60. The van der Waals surface area contributed by atoms with Crippen LogP contribution in [0, 0.1) is 0 Å². The Balaban J connectivity index is 1.59. The second kappa shape index (κ2) is 8.14. The highest BCUT2D eigenvalue weighted by Gasteiger charge is 2.24. The van der Waals surface area contributed by atoms with Crippen LogP contribution in [-0.4, -0.2) is 42.3 Å². The molecule has 1 aromatic heterocycles. The molecule has 0 saturated carbocycles. The van der Waals surface area contributed by atoms with Crippen molar-refractivity contribution in [3.05, 3.63) is 77.6 Å². The second-order valence-corrected chi connectivity index (χ2v) is 6.73. The quantitative estimate of drug-likeness (QED) is 0.625. The third-order valence-electron chi connectivity index (χ3n) is 4.87. The molecule has 2 heterocycles. The molecule has 0 fully saturated rings. The Bertz CT molecular complexity index is 1050. The molecular formula is C23H20N2O4. The van der Waals surface area contributed by atoms with Crippen molar-refractivity contribution in [2.45, 2.75) is 6.54 Å². The van der Waals surface area contributed by atoms with E-state index < -0.39 is 0 Å². The molecule has 4 rings (SSSR count). The van der Waals surface area contributed by atoms with Crippen LogP contribution in [0.5, 0.6) is 11.5 Å². The first-order chi connectivity index (χ1) is 14.2. The van der Waals surface area contributed by atoms with Gasteiger partial charge < -0.3 is 14.4 Å². The number of rotatable bonds is 5. The van der Waals surface area contributed by atoms with Crippen LogP contribution in [-0.2, 0) is 6.54 Å². The first-order valence-corrected chi connectivity index (χ1v) is 9.28. The molecule has 1 aliphatic heterocycles. The van der Waals surface area contributed by atoms with E-state index >= 15 is 0 Å². The van der Waals surface area contributed by atoms with Crippen molar-refractivity contribution in [3.63, 3.8) is 0 Å². The van der Waals surface area contributed by atoms with Crippen molar-refractivity contribution < 1.29 is 19.1 Å². The summed E-state index contributed by atoms with van der Waals surface area (Å²) in [5.74, 6) is 1.25. The molecule has 0 saturated heterocycles. The third kappa shape index (κ3) is 3.96. The van der Waals surface area contributed by atoms with Gasteiger partial charge in [-0.05, 0) is 41.5 Å². The van der Waals surface area contributed by atoms with Crippen LogP contribution in [0.3, 0.4) is 0 Å². The molecule has 146 valence electrons. The van der Waals surface area contributed by atoms with Gasteiger partial charge in [0.1, 0.15) is 23.8 Å². The van der Waals surface area contributed by atoms with E-state index in [9.17, 15) is 9.59 Å². The molecule has 29 heavy (non-hydrogen) atoms. The minimum atomic E-state index is -0.0682. The van der Waals surface area contributed by atoms with Crippen molar-refractivity contribution in [2.24, 2.45) is 0 Å². The third-order valence-corrected chi connectivity index (χ3v) is 4.87. The second-order valence-electron chi connectivity index (χ2n) is 6.73. The highest BCUT2D eigenvalue weighted by atomic mass is 16.5. The molecular weight excluding hydrogens is 368 g/mol. The predicted molar refractivity (Wildman–Crippen MR) is 108 cm³/mol. The van der Waals surface area contributed by atoms with Gasteiger partial charge in [-0.2, -0.15) is 0 Å². The summed E-state index contributed by atoms with van der Waals surface area (Å²) in [7, 11) is 1.62. The molecule has 0 N–H and O–H groups in total. The zero-order chi connectivity index (χ0) is 20.2. The van der Waals surface area contributed by atoms with Crippen molar-refractivity contribution in [2.75, 3.05) is 20.3 Å². The van der Waals surface area contributed by atoms with Crippen molar-refractivity contribution in [3.8, 4) is 22.6 Å². The van der Waals surface area contributed by atoms with Crippen LogP contribution in [0.4, 0.5) is 0 Å². The topological polar surface area (TPSA) is 68.7 Å². The van der Waals surface area contributed by atoms with Gasteiger partial charge in [-0.25, -0.2) is 0 Å². The lowest BCUT2D eigenvalue weighted by molar-refractivity contribution is 0.0742. The highest BCUT2D eigenvalue weighted by molar-refractivity contribution is 5.98. The summed E-state index contributed by atoms with van der Waals surface area (Å²) < 4.78 is 11.1. The molecule has 6 nitrogen and oxygen atoms in total. The lowest BCUT2D eigenvalue weighted by Gasteiger charge is -2.20. The fourth-order valence-corrected chi connectivity index (χ4v) is 3.32. The Kier molecular flexibility index (Phi) is 5.24. The standard InChI is InChI=1S/C23H20N2O4/c1-28-20-4-2-3-16(11-20)14-25-9-10-29-22-12-17(6-8-21(22)23(25)27)18-5-7-19(15-26)24-13-18/h2-8,11-13,15H,9-10,14H2,1H3. The summed E-state index contributed by atoms with van der Waals surface area (Å²) in [5, 5.41) is 0. The van der Waals surface area contributed by atoms with Crippen molar-refractivity contribution in [1.29, 1.82) is 0 Å². The summed E-state index contributed by atoms with van der Waals surface area (Å²) in [4.78, 5) is 29.8. The number of hydrogen-bond acceptors (Lipinski definition) is 5. The number of pyridine rings is 1. The number of fused-ring (bicyclic) bond motifs is 1. The average molecular weight is 388 g/mol. The smallest absolute Gasteiger partial charge is 0.258 e. The number of aromatic nitrogens is 1. The van der Waals surface area contributed by atoms with Gasteiger partial charge in [0.05, 0.1) is 19.2 Å². The van der Waals surface area contributed by atoms with E-state index in [0.717, 1.165) is 22.4 Å². The number of carbonyl (C=O) groups excluding carboxylic acids is 2. The summed E-state index contributed by atoms with van der Waals surface area (Å²) in [6.45, 7) is 1.39. The number of hydrogen-bond donors (Lipinski definition) is 0. The van der Waals surface area contributed by atoms with Gasteiger partial charge in [0, 0.05) is 18.3 Å². The molecule has 0 spiro atoms. The molecule has 0 radical (unpaired) electrons. The Hall–Kier alpha value is -3.67. The maximum Gasteiger partial charge on any atom is 0.258 e. The van der Waals surface area contributed by atoms with Gasteiger partial charge in [0.25, 0.3) is 5.91 Å². The van der Waals surface area contributed by atoms with Gasteiger partial charge in [-0.15, -0.1) is 0 Å². The van der Waals surface area contributed by atoms with Gasteiger partial charge in [-0.1, -0.05) is 24.3 Å². The average Bonchev–Trinajstić information content (AvgIpc) is 2.92. The van der Waals surface area contributed by atoms with Crippen LogP contribution in [0.25, 0.3) is 11.1 Å². The van der Waals surface area contributed by atoms with Crippen LogP contribution < -0.4 is 9.47 Å². The van der Waals surface area contributed by atoms with E-state index in [2.05, 4.69) is 4.98 Å². The van der Waals surface area contributed by atoms with E-state index in [1.165, 1.54) is 0 Å². The number of nitrogens with zero attached hydrogens (tertiary/aromatic N) is 2. The number of amides is 1. The molecule has 0 aliphatic carbocycles. The van der Waals surface area contributed by atoms with E-state index in [-0.39, 0.29) is 5.91 Å². The Morgan fingerprint density at radius 1 is 1.14 bits per heavy atom. The maximum atomic E-state index is 13.1. The largest absolute Gasteiger partial charge is 0.497 e. The van der Waals surface area contributed by atoms with Gasteiger partial charge >= 0.3 is 0 Å². The van der Waals surface area contributed by atoms with E-state index in [1.54, 1.807) is 30.3 Å². The van der Waals surface area contributed by atoms with Crippen molar-refractivity contribution in [1.82, 2.24) is 9.88 Å². The minimum absolute atomic E-state index is 0.0682. The Morgan fingerprint density at radius 3 is 2.76 bits per heavy atom. The SMILES string of the molecule is COc1cccc(CN2CCOc3cc(-c4ccc(C=O)nc4)ccc3C2=O)c1. The Morgan fingerprint density at radius 2 is 2.00 bits per heavy atom. The highest BCUT2D eigenvalue weighted by Crippen LogP contribution is 2.30. The molecule has 1 aliphatic rings. The molecule has 0 atom stereocenters. The summed E-state index contributed by atoms with van der Waals surface area (Å²) in [6, 6.07) is 16.7. The summed E-state index contributed by atoms with van der Waals surface area (Å²) in [6.07, 6.45) is 2.35. The van der Waals surface area contributed by atoms with Gasteiger partial charge in [0.15, 0.2) is 6.29 Å². The molecule has 0 unspecified atom stereocenters. The number of ether oxygens (including phenoxy) is 2. The lowest BCUT2D eigenvalue weighted by Crippen LogP contribution is -2.31. The number of methoxy groups -OCH3 is 1. The van der Waals surface area contributed by atoms with Crippen LogP contribution in [0.15, 0.2) is 60.8 Å². The summed E-state index contributed by atoms with van der Waals surface area (Å²) in [5.41, 5.74) is 3.64.